The lowest BCUT2D eigenvalue weighted by Crippen LogP contribution is -1.95. The van der Waals surface area contributed by atoms with Gasteiger partial charge in [0.15, 0.2) is 5.76 Å². The SMILES string of the molecule is COc1cccc2oc(-c3nnc(-c4c([N+](=O)[O-])ncn4C)o3)c(C)c12. The van der Waals surface area contributed by atoms with Gasteiger partial charge in [0.2, 0.25) is 12.0 Å². The number of fused-ring (bicyclic) bond motifs is 1. The number of hydrogen-bond donors (Lipinski definition) is 0. The summed E-state index contributed by atoms with van der Waals surface area (Å²) in [6.07, 6.45) is 1.31. The Bertz CT molecular complexity index is 1140. The van der Waals surface area contributed by atoms with Crippen molar-refractivity contribution in [3.63, 3.8) is 0 Å². The molecule has 0 radical (unpaired) electrons. The molecule has 0 aliphatic heterocycles. The van der Waals surface area contributed by atoms with Crippen molar-refractivity contribution in [2.45, 2.75) is 6.92 Å². The van der Waals surface area contributed by atoms with Gasteiger partial charge in [0.25, 0.3) is 11.8 Å². The summed E-state index contributed by atoms with van der Waals surface area (Å²) in [4.78, 5) is 14.3. The minimum absolute atomic E-state index is 0.0153. The first kappa shape index (κ1) is 15.8. The zero-order valence-electron chi connectivity index (χ0n) is 14.1. The van der Waals surface area contributed by atoms with Crippen molar-refractivity contribution in [1.82, 2.24) is 19.7 Å². The molecule has 3 aromatic heterocycles. The monoisotopic (exact) mass is 355 g/mol. The average molecular weight is 355 g/mol. The van der Waals surface area contributed by atoms with Gasteiger partial charge < -0.3 is 28.3 Å². The van der Waals surface area contributed by atoms with Crippen LogP contribution in [-0.2, 0) is 7.05 Å². The van der Waals surface area contributed by atoms with Gasteiger partial charge in [-0.3, -0.25) is 0 Å². The predicted molar refractivity (Wildman–Crippen MR) is 89.7 cm³/mol. The number of aryl methyl sites for hydroxylation is 2. The van der Waals surface area contributed by atoms with E-state index in [1.54, 1.807) is 20.2 Å². The fourth-order valence-corrected chi connectivity index (χ4v) is 2.85. The van der Waals surface area contributed by atoms with Crippen LogP contribution >= 0.6 is 0 Å². The molecule has 0 spiro atoms. The second-order valence-corrected chi connectivity index (χ2v) is 5.59. The molecule has 0 atom stereocenters. The first-order valence-electron chi connectivity index (χ1n) is 7.57. The summed E-state index contributed by atoms with van der Waals surface area (Å²) in [5.74, 6) is 0.792. The van der Waals surface area contributed by atoms with Crippen LogP contribution in [0.5, 0.6) is 5.75 Å². The van der Waals surface area contributed by atoms with Crippen molar-refractivity contribution in [3.05, 3.63) is 40.2 Å². The molecule has 132 valence electrons. The van der Waals surface area contributed by atoms with Crippen LogP contribution in [0.3, 0.4) is 0 Å². The molecule has 0 aliphatic carbocycles. The first-order chi connectivity index (χ1) is 12.5. The van der Waals surface area contributed by atoms with Crippen LogP contribution in [0.25, 0.3) is 34.2 Å². The van der Waals surface area contributed by atoms with Crippen LogP contribution in [-0.4, -0.2) is 31.8 Å². The van der Waals surface area contributed by atoms with E-state index in [1.165, 1.54) is 10.9 Å². The number of ether oxygens (including phenoxy) is 1. The molecule has 0 unspecified atom stereocenters. The van der Waals surface area contributed by atoms with Gasteiger partial charge in [0.05, 0.1) is 12.5 Å². The first-order valence-corrected chi connectivity index (χ1v) is 7.57. The Balaban J connectivity index is 1.85. The van der Waals surface area contributed by atoms with Gasteiger partial charge in [-0.25, -0.2) is 0 Å². The van der Waals surface area contributed by atoms with Crippen molar-refractivity contribution >= 4 is 16.8 Å². The number of imidazole rings is 1. The Morgan fingerprint density at radius 1 is 1.23 bits per heavy atom. The van der Waals surface area contributed by atoms with Crippen molar-refractivity contribution in [3.8, 4) is 29.0 Å². The van der Waals surface area contributed by atoms with E-state index in [-0.39, 0.29) is 23.3 Å². The fourth-order valence-electron chi connectivity index (χ4n) is 2.85. The quantitative estimate of drug-likeness (QED) is 0.404. The topological polar surface area (TPSA) is 122 Å². The summed E-state index contributed by atoms with van der Waals surface area (Å²) in [5.41, 5.74) is 1.51. The standard InChI is InChI=1S/C16H13N5O5/c1-8-11-9(24-3)5-4-6-10(11)25-13(8)16-19-18-15(26-16)12-14(21(22)23)17-7-20(12)2/h4-7H,1-3H3. The van der Waals surface area contributed by atoms with Gasteiger partial charge >= 0.3 is 5.82 Å². The van der Waals surface area contributed by atoms with Crippen LogP contribution in [0, 0.1) is 17.0 Å². The van der Waals surface area contributed by atoms with Crippen LogP contribution in [0.2, 0.25) is 0 Å². The molecule has 26 heavy (non-hydrogen) atoms. The molecule has 0 aliphatic rings. The highest BCUT2D eigenvalue weighted by molar-refractivity contribution is 5.91. The van der Waals surface area contributed by atoms with Crippen LogP contribution in [0.4, 0.5) is 5.82 Å². The van der Waals surface area contributed by atoms with Crippen molar-refractivity contribution in [2.24, 2.45) is 7.05 Å². The van der Waals surface area contributed by atoms with E-state index in [0.29, 0.717) is 17.1 Å². The largest absolute Gasteiger partial charge is 0.496 e. The molecule has 0 saturated carbocycles. The van der Waals surface area contributed by atoms with Gasteiger partial charge in [0.1, 0.15) is 11.3 Å². The van der Waals surface area contributed by atoms with Gasteiger partial charge in [-0.1, -0.05) is 6.07 Å². The minimum atomic E-state index is -0.601. The average Bonchev–Trinajstić information content (AvgIpc) is 3.31. The Labute approximate surface area is 146 Å². The maximum Gasteiger partial charge on any atom is 0.394 e. The van der Waals surface area contributed by atoms with E-state index in [1.807, 2.05) is 19.1 Å². The van der Waals surface area contributed by atoms with E-state index < -0.39 is 4.92 Å². The van der Waals surface area contributed by atoms with Crippen molar-refractivity contribution < 1.29 is 18.5 Å². The summed E-state index contributed by atoms with van der Waals surface area (Å²) >= 11 is 0. The highest BCUT2D eigenvalue weighted by Crippen LogP contribution is 2.38. The zero-order chi connectivity index (χ0) is 18.4. The third-order valence-electron chi connectivity index (χ3n) is 4.05. The maximum atomic E-state index is 11.1. The van der Waals surface area contributed by atoms with E-state index in [2.05, 4.69) is 15.2 Å². The number of benzene rings is 1. The molecule has 0 saturated heterocycles. The molecule has 10 heteroatoms. The van der Waals surface area contributed by atoms with Gasteiger partial charge in [0, 0.05) is 12.6 Å². The molecule has 10 nitrogen and oxygen atoms in total. The van der Waals surface area contributed by atoms with Gasteiger partial charge in [-0.2, -0.15) is 0 Å². The maximum absolute atomic E-state index is 11.1. The summed E-state index contributed by atoms with van der Waals surface area (Å²) in [7, 11) is 3.18. The van der Waals surface area contributed by atoms with Gasteiger partial charge in [-0.05, 0) is 29.0 Å². The number of furan rings is 1. The molecule has 1 aromatic carbocycles. The van der Waals surface area contributed by atoms with E-state index in [9.17, 15) is 10.1 Å². The van der Waals surface area contributed by atoms with E-state index in [4.69, 9.17) is 13.6 Å². The predicted octanol–water partition coefficient (Wildman–Crippen LogP) is 3.11. The highest BCUT2D eigenvalue weighted by atomic mass is 16.6. The summed E-state index contributed by atoms with van der Waals surface area (Å²) in [6, 6.07) is 5.44. The Hall–Kier alpha value is -3.69. The van der Waals surface area contributed by atoms with Gasteiger partial charge in [-0.15, -0.1) is 10.2 Å². The number of hydrogen-bond acceptors (Lipinski definition) is 8. The van der Waals surface area contributed by atoms with E-state index in [0.717, 1.165) is 10.9 Å². The molecular formula is C16H13N5O5. The van der Waals surface area contributed by atoms with Crippen LogP contribution in [0.1, 0.15) is 5.56 Å². The second kappa shape index (κ2) is 5.69. The number of rotatable bonds is 4. The third kappa shape index (κ3) is 2.23. The molecule has 0 fully saturated rings. The Morgan fingerprint density at radius 2 is 2.00 bits per heavy atom. The van der Waals surface area contributed by atoms with Crippen molar-refractivity contribution in [1.29, 1.82) is 0 Å². The van der Waals surface area contributed by atoms with Crippen molar-refractivity contribution in [2.75, 3.05) is 7.11 Å². The number of nitro groups is 1. The minimum Gasteiger partial charge on any atom is -0.496 e. The second-order valence-electron chi connectivity index (χ2n) is 5.59. The number of methoxy groups -OCH3 is 1. The molecule has 0 N–H and O–H groups in total. The smallest absolute Gasteiger partial charge is 0.394 e. The molecule has 0 amide bonds. The number of aromatic nitrogens is 4. The summed E-state index contributed by atoms with van der Waals surface area (Å²) in [6.45, 7) is 1.85. The molecule has 4 aromatic rings. The molecule has 4 rings (SSSR count). The molecule has 0 bridgehead atoms. The lowest BCUT2D eigenvalue weighted by molar-refractivity contribution is -0.388. The third-order valence-corrected chi connectivity index (χ3v) is 4.05. The summed E-state index contributed by atoms with van der Waals surface area (Å²) in [5, 5.41) is 19.8. The Morgan fingerprint density at radius 3 is 2.73 bits per heavy atom. The van der Waals surface area contributed by atoms with Crippen LogP contribution < -0.4 is 4.74 Å². The lowest BCUT2D eigenvalue weighted by Gasteiger charge is -2.00. The highest BCUT2D eigenvalue weighted by Gasteiger charge is 2.28. The Kier molecular flexibility index (Phi) is 3.46. The molecule has 3 heterocycles. The van der Waals surface area contributed by atoms with Crippen LogP contribution in [0.15, 0.2) is 33.4 Å². The zero-order valence-corrected chi connectivity index (χ0v) is 14.1. The molecular weight excluding hydrogens is 342 g/mol. The van der Waals surface area contributed by atoms with E-state index >= 15 is 0 Å². The number of nitrogens with zero attached hydrogens (tertiary/aromatic N) is 5. The lowest BCUT2D eigenvalue weighted by atomic mass is 10.1. The summed E-state index contributed by atoms with van der Waals surface area (Å²) < 4.78 is 18.3. The normalized spacial score (nSPS) is 11.2. The fraction of sp³-hybridized carbons (Fsp3) is 0.188.